The molecule has 1 saturated heterocycles. The summed E-state index contributed by atoms with van der Waals surface area (Å²) in [4.78, 5) is 17.1. The van der Waals surface area contributed by atoms with E-state index >= 15 is 0 Å². The first-order valence-electron chi connectivity index (χ1n) is 9.90. The van der Waals surface area contributed by atoms with Crippen molar-refractivity contribution in [3.63, 3.8) is 0 Å². The highest BCUT2D eigenvalue weighted by molar-refractivity contribution is 7.99. The van der Waals surface area contributed by atoms with Crippen molar-refractivity contribution in [2.24, 2.45) is 5.92 Å². The van der Waals surface area contributed by atoms with Crippen LogP contribution in [0.25, 0.3) is 0 Å². The van der Waals surface area contributed by atoms with E-state index in [0.29, 0.717) is 25.3 Å². The first-order valence-corrected chi connectivity index (χ1v) is 12.3. The van der Waals surface area contributed by atoms with Crippen LogP contribution in [-0.2, 0) is 21.4 Å². The number of rotatable bonds is 8. The molecular formula is C21H26FN3O3S2. The standard InChI is InChI=1S/C21H26FN3O3S2/c1-15(2)14-29-20-12-16(9-10-23-20)13-24-21(26)19-4-3-11-25(19)30(27,28)18-7-5-17(22)6-8-18/h5-10,12,15,19H,3-4,11,13-14H2,1-2H3,(H,24,26)/t19-/m0/s1. The van der Waals surface area contributed by atoms with E-state index < -0.39 is 21.9 Å². The molecule has 1 atom stereocenters. The Morgan fingerprint density at radius 3 is 2.73 bits per heavy atom. The molecule has 3 rings (SSSR count). The van der Waals surface area contributed by atoms with Gasteiger partial charge in [-0.2, -0.15) is 4.31 Å². The summed E-state index contributed by atoms with van der Waals surface area (Å²) in [6.07, 6.45) is 2.77. The summed E-state index contributed by atoms with van der Waals surface area (Å²) in [7, 11) is -3.86. The molecule has 0 bridgehead atoms. The second-order valence-corrected chi connectivity index (χ2v) is 10.6. The predicted molar refractivity (Wildman–Crippen MR) is 115 cm³/mol. The van der Waals surface area contributed by atoms with Crippen LogP contribution in [0.2, 0.25) is 0 Å². The highest BCUT2D eigenvalue weighted by Gasteiger charge is 2.39. The van der Waals surface area contributed by atoms with Crippen LogP contribution >= 0.6 is 11.8 Å². The number of carbonyl (C=O) groups excluding carboxylic acids is 1. The predicted octanol–water partition coefficient (Wildman–Crippen LogP) is 3.44. The van der Waals surface area contributed by atoms with Gasteiger partial charge in [-0.1, -0.05) is 13.8 Å². The molecule has 1 aromatic carbocycles. The normalized spacial score (nSPS) is 17.4. The van der Waals surface area contributed by atoms with E-state index in [4.69, 9.17) is 0 Å². The lowest BCUT2D eigenvalue weighted by Crippen LogP contribution is -2.45. The van der Waals surface area contributed by atoms with Crippen molar-refractivity contribution in [3.05, 3.63) is 54.0 Å². The van der Waals surface area contributed by atoms with Crippen molar-refractivity contribution in [1.29, 1.82) is 0 Å². The van der Waals surface area contributed by atoms with Gasteiger partial charge in [0, 0.05) is 25.0 Å². The van der Waals surface area contributed by atoms with Crippen LogP contribution in [0.5, 0.6) is 0 Å². The fourth-order valence-corrected chi connectivity index (χ4v) is 5.76. The minimum absolute atomic E-state index is 0.00967. The van der Waals surface area contributed by atoms with E-state index in [1.54, 1.807) is 18.0 Å². The van der Waals surface area contributed by atoms with Crippen LogP contribution in [0, 0.1) is 11.7 Å². The summed E-state index contributed by atoms with van der Waals surface area (Å²) in [5.74, 6) is 0.678. The van der Waals surface area contributed by atoms with Gasteiger partial charge in [-0.25, -0.2) is 17.8 Å². The van der Waals surface area contributed by atoms with Gasteiger partial charge in [0.2, 0.25) is 15.9 Å². The third-order valence-electron chi connectivity index (χ3n) is 4.76. The zero-order chi connectivity index (χ0) is 21.7. The van der Waals surface area contributed by atoms with Gasteiger partial charge in [0.1, 0.15) is 11.9 Å². The summed E-state index contributed by atoms with van der Waals surface area (Å²) in [5, 5.41) is 3.75. The molecule has 30 heavy (non-hydrogen) atoms. The van der Waals surface area contributed by atoms with Gasteiger partial charge in [-0.15, -0.1) is 11.8 Å². The third kappa shape index (κ3) is 5.59. The zero-order valence-electron chi connectivity index (χ0n) is 17.0. The molecule has 6 nitrogen and oxygen atoms in total. The first kappa shape index (κ1) is 22.7. The van der Waals surface area contributed by atoms with E-state index in [-0.39, 0.29) is 17.3 Å². The van der Waals surface area contributed by atoms with E-state index in [1.807, 2.05) is 12.1 Å². The van der Waals surface area contributed by atoms with E-state index in [0.717, 1.165) is 28.5 Å². The summed E-state index contributed by atoms with van der Waals surface area (Å²) < 4.78 is 40.2. The Morgan fingerprint density at radius 1 is 1.30 bits per heavy atom. The number of benzene rings is 1. The SMILES string of the molecule is CC(C)CSc1cc(CNC(=O)[C@@H]2CCCN2S(=O)(=O)c2ccc(F)cc2)ccn1. The average Bonchev–Trinajstić information content (AvgIpc) is 3.22. The lowest BCUT2D eigenvalue weighted by atomic mass is 10.2. The number of halogens is 1. The third-order valence-corrected chi connectivity index (χ3v) is 8.03. The largest absolute Gasteiger partial charge is 0.351 e. The molecule has 0 radical (unpaired) electrons. The first-order chi connectivity index (χ1) is 14.3. The highest BCUT2D eigenvalue weighted by Crippen LogP contribution is 2.26. The van der Waals surface area contributed by atoms with Crippen LogP contribution in [0.1, 0.15) is 32.3 Å². The molecule has 0 aliphatic carbocycles. The monoisotopic (exact) mass is 451 g/mol. The second kappa shape index (κ2) is 9.89. The molecule has 1 N–H and O–H groups in total. The molecule has 2 aromatic rings. The number of pyridine rings is 1. The fraction of sp³-hybridized carbons (Fsp3) is 0.429. The van der Waals surface area contributed by atoms with Crippen LogP contribution in [0.4, 0.5) is 4.39 Å². The Bertz CT molecular complexity index is 981. The molecule has 0 unspecified atom stereocenters. The van der Waals surface area contributed by atoms with Gasteiger partial charge in [-0.3, -0.25) is 4.79 Å². The van der Waals surface area contributed by atoms with Crippen LogP contribution in [0.3, 0.4) is 0 Å². The molecule has 1 fully saturated rings. The number of carbonyl (C=O) groups is 1. The number of sulfonamides is 1. The Hall–Kier alpha value is -1.97. The van der Waals surface area contributed by atoms with Gasteiger partial charge >= 0.3 is 0 Å². The van der Waals surface area contributed by atoms with Crippen LogP contribution in [-0.4, -0.2) is 42.0 Å². The maximum absolute atomic E-state index is 13.2. The Kier molecular flexibility index (Phi) is 7.49. The molecule has 1 aromatic heterocycles. The quantitative estimate of drug-likeness (QED) is 0.622. The van der Waals surface area contributed by atoms with Gasteiger partial charge in [0.15, 0.2) is 0 Å². The number of hydrogen-bond acceptors (Lipinski definition) is 5. The van der Waals surface area contributed by atoms with Crippen LogP contribution in [0.15, 0.2) is 52.5 Å². The Balaban J connectivity index is 1.65. The molecule has 0 spiro atoms. The average molecular weight is 452 g/mol. The summed E-state index contributed by atoms with van der Waals surface area (Å²) in [6, 6.07) is 7.68. The number of aromatic nitrogens is 1. The summed E-state index contributed by atoms with van der Waals surface area (Å²) in [5.41, 5.74) is 0.913. The minimum Gasteiger partial charge on any atom is -0.351 e. The molecule has 1 amide bonds. The van der Waals surface area contributed by atoms with Gasteiger partial charge in [-0.05, 0) is 60.7 Å². The van der Waals surface area contributed by atoms with E-state index in [1.165, 1.54) is 16.4 Å². The number of thioether (sulfide) groups is 1. The molecule has 1 aliphatic heterocycles. The lowest BCUT2D eigenvalue weighted by Gasteiger charge is -2.23. The number of hydrogen-bond donors (Lipinski definition) is 1. The molecule has 2 heterocycles. The van der Waals surface area contributed by atoms with Crippen molar-refractivity contribution in [1.82, 2.24) is 14.6 Å². The van der Waals surface area contributed by atoms with Crippen molar-refractivity contribution in [3.8, 4) is 0 Å². The summed E-state index contributed by atoms with van der Waals surface area (Å²) in [6.45, 7) is 4.86. The van der Waals surface area contributed by atoms with E-state index in [2.05, 4.69) is 24.1 Å². The number of nitrogens with one attached hydrogen (secondary N) is 1. The van der Waals surface area contributed by atoms with Crippen molar-refractivity contribution >= 4 is 27.7 Å². The molecular weight excluding hydrogens is 425 g/mol. The molecule has 162 valence electrons. The van der Waals surface area contributed by atoms with Crippen molar-refractivity contribution in [2.45, 2.75) is 49.2 Å². The number of amides is 1. The van der Waals surface area contributed by atoms with Gasteiger partial charge in [0.25, 0.3) is 0 Å². The maximum atomic E-state index is 13.2. The van der Waals surface area contributed by atoms with Crippen molar-refractivity contribution in [2.75, 3.05) is 12.3 Å². The van der Waals surface area contributed by atoms with Crippen molar-refractivity contribution < 1.29 is 17.6 Å². The highest BCUT2D eigenvalue weighted by atomic mass is 32.2. The maximum Gasteiger partial charge on any atom is 0.243 e. The van der Waals surface area contributed by atoms with Gasteiger partial charge in [0.05, 0.1) is 9.92 Å². The summed E-state index contributed by atoms with van der Waals surface area (Å²) >= 11 is 1.67. The molecule has 0 saturated carbocycles. The number of nitrogens with zero attached hydrogens (tertiary/aromatic N) is 2. The lowest BCUT2D eigenvalue weighted by molar-refractivity contribution is -0.124. The fourth-order valence-electron chi connectivity index (χ4n) is 3.23. The topological polar surface area (TPSA) is 79.4 Å². The molecule has 1 aliphatic rings. The Labute approximate surface area is 181 Å². The zero-order valence-corrected chi connectivity index (χ0v) is 18.7. The smallest absolute Gasteiger partial charge is 0.243 e. The van der Waals surface area contributed by atoms with Crippen LogP contribution < -0.4 is 5.32 Å². The Morgan fingerprint density at radius 2 is 2.03 bits per heavy atom. The minimum atomic E-state index is -3.86. The van der Waals surface area contributed by atoms with Gasteiger partial charge < -0.3 is 5.32 Å². The van der Waals surface area contributed by atoms with E-state index in [9.17, 15) is 17.6 Å². The second-order valence-electron chi connectivity index (χ2n) is 7.65. The molecule has 9 heteroatoms.